The SMILES string of the molecule is CNCc1cncn1CC1(OC)CCC1. The summed E-state index contributed by atoms with van der Waals surface area (Å²) in [7, 11) is 3.76. The van der Waals surface area contributed by atoms with Crippen molar-refractivity contribution in [1.82, 2.24) is 14.9 Å². The van der Waals surface area contributed by atoms with Crippen LogP contribution >= 0.6 is 0 Å². The van der Waals surface area contributed by atoms with Gasteiger partial charge in [-0.3, -0.25) is 0 Å². The number of imidazole rings is 1. The summed E-state index contributed by atoms with van der Waals surface area (Å²) in [6.07, 6.45) is 7.43. The van der Waals surface area contributed by atoms with E-state index in [1.54, 1.807) is 0 Å². The minimum absolute atomic E-state index is 0.0726. The molecule has 15 heavy (non-hydrogen) atoms. The van der Waals surface area contributed by atoms with Crippen LogP contribution in [0.3, 0.4) is 0 Å². The Morgan fingerprint density at radius 1 is 1.60 bits per heavy atom. The summed E-state index contributed by atoms with van der Waals surface area (Å²) in [6, 6.07) is 0. The second-order valence-corrected chi connectivity index (χ2v) is 4.28. The Labute approximate surface area is 90.6 Å². The Morgan fingerprint density at radius 3 is 2.93 bits per heavy atom. The second-order valence-electron chi connectivity index (χ2n) is 4.28. The van der Waals surface area contributed by atoms with Gasteiger partial charge in [-0.2, -0.15) is 0 Å². The molecule has 4 nitrogen and oxygen atoms in total. The number of rotatable bonds is 5. The largest absolute Gasteiger partial charge is 0.376 e. The number of nitrogens with one attached hydrogen (secondary N) is 1. The highest BCUT2D eigenvalue weighted by Crippen LogP contribution is 2.36. The minimum Gasteiger partial charge on any atom is -0.376 e. The number of hydrogen-bond acceptors (Lipinski definition) is 3. The normalized spacial score (nSPS) is 18.8. The molecule has 0 unspecified atom stereocenters. The van der Waals surface area contributed by atoms with Gasteiger partial charge < -0.3 is 14.6 Å². The van der Waals surface area contributed by atoms with E-state index in [0.717, 1.165) is 13.1 Å². The summed E-state index contributed by atoms with van der Waals surface area (Å²) in [5, 5.41) is 3.15. The molecule has 0 amide bonds. The van der Waals surface area contributed by atoms with Crippen molar-refractivity contribution in [2.75, 3.05) is 14.2 Å². The molecule has 1 aromatic heterocycles. The lowest BCUT2D eigenvalue weighted by Crippen LogP contribution is -2.43. The number of ether oxygens (including phenoxy) is 1. The van der Waals surface area contributed by atoms with Gasteiger partial charge in [0.2, 0.25) is 0 Å². The Bertz CT molecular complexity index is 312. The highest BCUT2D eigenvalue weighted by Gasteiger charge is 2.37. The van der Waals surface area contributed by atoms with Gasteiger partial charge in [0.15, 0.2) is 0 Å². The molecule has 0 aliphatic heterocycles. The van der Waals surface area contributed by atoms with Gasteiger partial charge >= 0.3 is 0 Å². The van der Waals surface area contributed by atoms with Crippen molar-refractivity contribution in [2.24, 2.45) is 0 Å². The van der Waals surface area contributed by atoms with Gasteiger partial charge in [0.25, 0.3) is 0 Å². The fourth-order valence-corrected chi connectivity index (χ4v) is 2.13. The molecule has 0 saturated heterocycles. The average molecular weight is 209 g/mol. The zero-order valence-corrected chi connectivity index (χ0v) is 9.49. The van der Waals surface area contributed by atoms with E-state index in [1.807, 2.05) is 26.7 Å². The number of aromatic nitrogens is 2. The van der Waals surface area contributed by atoms with Crippen molar-refractivity contribution < 1.29 is 4.74 Å². The molecule has 1 aliphatic carbocycles. The molecule has 0 atom stereocenters. The summed E-state index contributed by atoms with van der Waals surface area (Å²) in [6.45, 7) is 1.79. The van der Waals surface area contributed by atoms with Crippen LogP contribution in [-0.2, 0) is 17.8 Å². The van der Waals surface area contributed by atoms with Gasteiger partial charge in [0.05, 0.1) is 24.2 Å². The van der Waals surface area contributed by atoms with Gasteiger partial charge in [0, 0.05) is 19.9 Å². The van der Waals surface area contributed by atoms with Gasteiger partial charge in [-0.25, -0.2) is 4.98 Å². The summed E-state index contributed by atoms with van der Waals surface area (Å²) in [5.74, 6) is 0. The monoisotopic (exact) mass is 209 g/mol. The van der Waals surface area contributed by atoms with Crippen LogP contribution in [0.25, 0.3) is 0 Å². The van der Waals surface area contributed by atoms with E-state index < -0.39 is 0 Å². The van der Waals surface area contributed by atoms with E-state index >= 15 is 0 Å². The van der Waals surface area contributed by atoms with E-state index in [0.29, 0.717) is 0 Å². The molecule has 0 aromatic carbocycles. The fourth-order valence-electron chi connectivity index (χ4n) is 2.13. The molecule has 1 fully saturated rings. The van der Waals surface area contributed by atoms with Gasteiger partial charge in [0.1, 0.15) is 0 Å². The van der Waals surface area contributed by atoms with Crippen LogP contribution in [0.5, 0.6) is 0 Å². The maximum Gasteiger partial charge on any atom is 0.0949 e. The topological polar surface area (TPSA) is 39.1 Å². The van der Waals surface area contributed by atoms with Crippen molar-refractivity contribution in [3.63, 3.8) is 0 Å². The summed E-state index contributed by atoms with van der Waals surface area (Å²) < 4.78 is 7.80. The van der Waals surface area contributed by atoms with Crippen LogP contribution < -0.4 is 5.32 Å². The Balaban J connectivity index is 2.06. The van der Waals surface area contributed by atoms with Crippen molar-refractivity contribution in [1.29, 1.82) is 0 Å². The lowest BCUT2D eigenvalue weighted by atomic mass is 9.80. The maximum absolute atomic E-state index is 5.61. The van der Waals surface area contributed by atoms with E-state index in [4.69, 9.17) is 4.74 Å². The van der Waals surface area contributed by atoms with E-state index in [9.17, 15) is 0 Å². The van der Waals surface area contributed by atoms with Crippen LogP contribution in [-0.4, -0.2) is 29.3 Å². The van der Waals surface area contributed by atoms with Gasteiger partial charge in [-0.05, 0) is 26.3 Å². The van der Waals surface area contributed by atoms with Crippen molar-refractivity contribution >= 4 is 0 Å². The molecule has 1 heterocycles. The predicted octanol–water partition coefficient (Wildman–Crippen LogP) is 1.17. The third-order valence-corrected chi connectivity index (χ3v) is 3.31. The smallest absolute Gasteiger partial charge is 0.0949 e. The molecule has 1 aliphatic rings. The molecule has 4 heteroatoms. The number of nitrogens with zero attached hydrogens (tertiary/aromatic N) is 2. The molecule has 2 rings (SSSR count). The van der Waals surface area contributed by atoms with Crippen LogP contribution in [0, 0.1) is 0 Å². The first kappa shape index (κ1) is 10.6. The Kier molecular flexibility index (Phi) is 3.07. The molecule has 1 aromatic rings. The van der Waals surface area contributed by atoms with Crippen molar-refractivity contribution in [3.05, 3.63) is 18.2 Å². The molecule has 0 bridgehead atoms. The summed E-state index contributed by atoms with van der Waals surface area (Å²) in [4.78, 5) is 4.19. The Hall–Kier alpha value is -0.870. The second kappa shape index (κ2) is 4.33. The lowest BCUT2D eigenvalue weighted by Gasteiger charge is -2.41. The van der Waals surface area contributed by atoms with E-state index in [1.165, 1.54) is 25.0 Å². The van der Waals surface area contributed by atoms with Gasteiger partial charge in [-0.1, -0.05) is 0 Å². The first-order valence-corrected chi connectivity index (χ1v) is 5.48. The molecular formula is C11H19N3O. The third kappa shape index (κ3) is 2.06. The third-order valence-electron chi connectivity index (χ3n) is 3.31. The zero-order valence-electron chi connectivity index (χ0n) is 9.49. The van der Waals surface area contributed by atoms with Crippen molar-refractivity contribution in [3.8, 4) is 0 Å². The quantitative estimate of drug-likeness (QED) is 0.791. The highest BCUT2D eigenvalue weighted by atomic mass is 16.5. The summed E-state index contributed by atoms with van der Waals surface area (Å²) in [5.41, 5.74) is 1.30. The zero-order chi connectivity index (χ0) is 10.7. The molecule has 1 N–H and O–H groups in total. The summed E-state index contributed by atoms with van der Waals surface area (Å²) >= 11 is 0. The first-order valence-electron chi connectivity index (χ1n) is 5.48. The van der Waals surface area contributed by atoms with Crippen LogP contribution in [0.2, 0.25) is 0 Å². The standard InChI is InChI=1S/C11H19N3O/c1-12-6-10-7-13-9-14(10)8-11(15-2)4-3-5-11/h7,9,12H,3-6,8H2,1-2H3. The van der Waals surface area contributed by atoms with Crippen LogP contribution in [0.15, 0.2) is 12.5 Å². The van der Waals surface area contributed by atoms with Gasteiger partial charge in [-0.15, -0.1) is 0 Å². The number of hydrogen-bond donors (Lipinski definition) is 1. The Morgan fingerprint density at radius 2 is 2.40 bits per heavy atom. The van der Waals surface area contributed by atoms with Crippen molar-refractivity contribution in [2.45, 2.75) is 38.0 Å². The molecule has 84 valence electrons. The fraction of sp³-hybridized carbons (Fsp3) is 0.727. The predicted molar refractivity (Wildman–Crippen MR) is 58.6 cm³/mol. The first-order chi connectivity index (χ1) is 7.29. The molecule has 1 saturated carbocycles. The molecular weight excluding hydrogens is 190 g/mol. The van der Waals surface area contributed by atoms with E-state index in [2.05, 4.69) is 14.9 Å². The maximum atomic E-state index is 5.61. The average Bonchev–Trinajstić information content (AvgIpc) is 2.60. The van der Waals surface area contributed by atoms with Crippen LogP contribution in [0.4, 0.5) is 0 Å². The lowest BCUT2D eigenvalue weighted by molar-refractivity contribution is -0.0839. The highest BCUT2D eigenvalue weighted by molar-refractivity contribution is 5.01. The molecule has 0 radical (unpaired) electrons. The van der Waals surface area contributed by atoms with E-state index in [-0.39, 0.29) is 5.60 Å². The van der Waals surface area contributed by atoms with Crippen LogP contribution in [0.1, 0.15) is 25.0 Å². The minimum atomic E-state index is 0.0726. The number of methoxy groups -OCH3 is 1. The molecule has 0 spiro atoms.